The maximum Gasteiger partial charge on any atom is 0.335 e. The molecule has 2 aromatic rings. The highest BCUT2D eigenvalue weighted by atomic mass is 32.2. The van der Waals surface area contributed by atoms with Crippen LogP contribution in [0.25, 0.3) is 0 Å². The minimum atomic E-state index is -4.37. The van der Waals surface area contributed by atoms with Gasteiger partial charge in [-0.2, -0.15) is 0 Å². The summed E-state index contributed by atoms with van der Waals surface area (Å²) in [5.74, 6) is -0.291. The van der Waals surface area contributed by atoms with Crippen molar-refractivity contribution in [1.29, 1.82) is 0 Å². The highest BCUT2D eigenvalue weighted by Gasteiger charge is 2.35. The van der Waals surface area contributed by atoms with Gasteiger partial charge in [-0.1, -0.05) is 11.8 Å². The highest BCUT2D eigenvalue weighted by molar-refractivity contribution is 8.00. The Morgan fingerprint density at radius 2 is 2.12 bits per heavy atom. The molecule has 0 aromatic heterocycles. The van der Waals surface area contributed by atoms with Crippen LogP contribution in [0.5, 0.6) is 11.5 Å². The van der Waals surface area contributed by atoms with Gasteiger partial charge in [-0.3, -0.25) is 9.69 Å². The summed E-state index contributed by atoms with van der Waals surface area (Å²) >= 11 is 1.54. The van der Waals surface area contributed by atoms with Crippen LogP contribution in [-0.2, 0) is 14.9 Å². The van der Waals surface area contributed by atoms with Crippen molar-refractivity contribution in [2.24, 2.45) is 0 Å². The normalized spacial score (nSPS) is 20.3. The monoisotopic (exact) mass is 492 g/mol. The largest absolute Gasteiger partial charge is 0.748 e. The molecular formula is C21H20N2O8S2. The second kappa shape index (κ2) is 9.06. The van der Waals surface area contributed by atoms with Crippen molar-refractivity contribution < 1.29 is 42.0 Å². The summed E-state index contributed by atoms with van der Waals surface area (Å²) in [6, 6.07) is 9.78. The molecule has 12 heteroatoms. The predicted molar refractivity (Wildman–Crippen MR) is 118 cm³/mol. The van der Waals surface area contributed by atoms with Crippen molar-refractivity contribution in [1.82, 2.24) is 0 Å². The Morgan fingerprint density at radius 1 is 1.33 bits per heavy atom. The molecule has 10 nitrogen and oxygen atoms in total. The van der Waals surface area contributed by atoms with Crippen LogP contribution >= 0.6 is 11.8 Å². The Labute approximate surface area is 194 Å². The van der Waals surface area contributed by atoms with Crippen LogP contribution in [0.4, 0.5) is 11.4 Å². The molecule has 2 aliphatic heterocycles. The fourth-order valence-corrected chi connectivity index (χ4v) is 5.44. The van der Waals surface area contributed by atoms with Crippen LogP contribution in [0.1, 0.15) is 16.8 Å². The van der Waals surface area contributed by atoms with Crippen molar-refractivity contribution in [2.45, 2.75) is 16.7 Å². The molecule has 0 saturated carbocycles. The molecular weight excluding hydrogens is 472 g/mol. The lowest BCUT2D eigenvalue weighted by Gasteiger charge is -2.20. The number of hydrogen-bond donors (Lipinski definition) is 2. The molecule has 0 bridgehead atoms. The average Bonchev–Trinajstić information content (AvgIpc) is 3.24. The van der Waals surface area contributed by atoms with Crippen molar-refractivity contribution in [3.8, 4) is 11.5 Å². The minimum absolute atomic E-state index is 0.0768. The van der Waals surface area contributed by atoms with Crippen molar-refractivity contribution in [3.05, 3.63) is 53.9 Å². The van der Waals surface area contributed by atoms with Crippen molar-refractivity contribution in [2.75, 3.05) is 24.2 Å². The lowest BCUT2D eigenvalue weighted by atomic mass is 10.2. The lowest BCUT2D eigenvalue weighted by molar-refractivity contribution is -0.812. The molecule has 0 amide bonds. The number of fused-ring (bicyclic) bond motifs is 2. The van der Waals surface area contributed by atoms with Gasteiger partial charge in [-0.05, 0) is 30.7 Å². The molecule has 2 aromatic carbocycles. The van der Waals surface area contributed by atoms with E-state index < -0.39 is 21.8 Å². The number of aromatic carboxylic acids is 1. The van der Waals surface area contributed by atoms with E-state index in [1.807, 2.05) is 13.1 Å². The van der Waals surface area contributed by atoms with Gasteiger partial charge in [0.2, 0.25) is 5.88 Å². The Morgan fingerprint density at radius 3 is 2.82 bits per heavy atom. The zero-order valence-electron chi connectivity index (χ0n) is 17.4. The Kier molecular flexibility index (Phi) is 6.34. The van der Waals surface area contributed by atoms with E-state index in [2.05, 4.69) is 0 Å². The van der Waals surface area contributed by atoms with Crippen LogP contribution in [0.15, 0.2) is 53.3 Å². The number of nitrogens with one attached hydrogen (secondary N) is 1. The summed E-state index contributed by atoms with van der Waals surface area (Å²) in [7, 11) is -2.45. The lowest BCUT2D eigenvalue weighted by Crippen LogP contribution is -3.06. The standard InChI is InChI=1S/C21H20N2O8S2/c1-22-16-9-13(21(25)26)3-6-18(16)32-20(22)11-19-23(7-2-8-33(27,28)29)15-10-14(30-12-24)4-5-17(15)31-19/h3-6,9-12,20H,2,7-8H2,1H3,(H,25,26)(H,27,28,29). The quantitative estimate of drug-likeness (QED) is 0.408. The first-order chi connectivity index (χ1) is 15.7. The highest BCUT2D eigenvalue weighted by Crippen LogP contribution is 2.42. The number of ether oxygens (including phenoxy) is 2. The van der Waals surface area contributed by atoms with E-state index in [9.17, 15) is 27.7 Å². The summed E-state index contributed by atoms with van der Waals surface area (Å²) in [5, 5.41) is 9.13. The van der Waals surface area contributed by atoms with E-state index in [0.29, 0.717) is 29.5 Å². The summed E-state index contributed by atoms with van der Waals surface area (Å²) < 4.78 is 44.1. The van der Waals surface area contributed by atoms with Gasteiger partial charge in [0, 0.05) is 30.5 Å². The van der Waals surface area contributed by atoms with Crippen LogP contribution in [0.3, 0.4) is 0 Å². The number of benzene rings is 2. The number of quaternary nitrogens is 1. The summed E-state index contributed by atoms with van der Waals surface area (Å²) in [6.07, 6.45) is 1.94. The molecule has 0 aliphatic carbocycles. The van der Waals surface area contributed by atoms with E-state index in [1.165, 1.54) is 0 Å². The number of anilines is 1. The smallest absolute Gasteiger partial charge is 0.335 e. The first-order valence-corrected chi connectivity index (χ1v) is 12.3. The number of nitrogens with zero attached hydrogens (tertiary/aromatic N) is 1. The van der Waals surface area contributed by atoms with Gasteiger partial charge < -0.3 is 24.0 Å². The van der Waals surface area contributed by atoms with E-state index in [4.69, 9.17) is 9.47 Å². The van der Waals surface area contributed by atoms with Crippen LogP contribution in [-0.4, -0.2) is 55.2 Å². The molecule has 2 aliphatic rings. The Balaban J connectivity index is 1.63. The summed E-state index contributed by atoms with van der Waals surface area (Å²) in [5.41, 5.74) is 1.63. The Bertz CT molecular complexity index is 1240. The molecule has 0 fully saturated rings. The topological polar surface area (TPSA) is 138 Å². The van der Waals surface area contributed by atoms with E-state index in [0.717, 1.165) is 15.5 Å². The van der Waals surface area contributed by atoms with Gasteiger partial charge in [-0.15, -0.1) is 0 Å². The molecule has 33 heavy (non-hydrogen) atoms. The number of carbonyl (C=O) groups excluding carboxylic acids is 1. The number of carboxylic acids is 1. The number of thioether (sulfide) groups is 1. The van der Waals surface area contributed by atoms with Gasteiger partial charge in [0.25, 0.3) is 6.47 Å². The van der Waals surface area contributed by atoms with Gasteiger partial charge in [0.1, 0.15) is 11.4 Å². The van der Waals surface area contributed by atoms with Crippen molar-refractivity contribution >= 4 is 45.7 Å². The second-order valence-electron chi connectivity index (χ2n) is 7.46. The maximum absolute atomic E-state index is 11.3. The predicted octanol–water partition coefficient (Wildman–Crippen LogP) is 1.17. The molecule has 0 saturated heterocycles. The third kappa shape index (κ3) is 4.98. The number of carboxylic acid groups (broad SMARTS) is 1. The molecule has 2 atom stereocenters. The molecule has 2 N–H and O–H groups in total. The second-order valence-corrected chi connectivity index (χ2v) is 10.2. The van der Waals surface area contributed by atoms with Gasteiger partial charge in [0.05, 0.1) is 33.3 Å². The molecule has 2 unspecified atom stereocenters. The minimum Gasteiger partial charge on any atom is -0.748 e. The maximum atomic E-state index is 11.3. The fourth-order valence-electron chi connectivity index (χ4n) is 3.70. The van der Waals surface area contributed by atoms with E-state index in [-0.39, 0.29) is 23.9 Å². The number of likely N-dealkylation sites (N-methyl/N-ethyl adjacent to an activating group) is 1. The zero-order chi connectivity index (χ0) is 23.8. The first-order valence-electron chi connectivity index (χ1n) is 9.89. The fraction of sp³-hybridized carbons (Fsp3) is 0.238. The van der Waals surface area contributed by atoms with Gasteiger partial charge >= 0.3 is 5.97 Å². The number of carbonyl (C=O) groups is 2. The third-order valence-corrected chi connectivity index (χ3v) is 7.43. The average molecular weight is 493 g/mol. The first kappa shape index (κ1) is 23.1. The summed E-state index contributed by atoms with van der Waals surface area (Å²) in [4.78, 5) is 25.7. The summed E-state index contributed by atoms with van der Waals surface area (Å²) in [6.45, 7) is 0.496. The van der Waals surface area contributed by atoms with Gasteiger partial charge in [0.15, 0.2) is 11.1 Å². The van der Waals surface area contributed by atoms with Crippen LogP contribution in [0.2, 0.25) is 0 Å². The Hall–Kier alpha value is -3.06. The number of hydrogen-bond acceptors (Lipinski definition) is 9. The molecule has 4 rings (SSSR count). The molecule has 174 valence electrons. The van der Waals surface area contributed by atoms with Gasteiger partial charge in [-0.25, -0.2) is 13.2 Å². The number of rotatable bonds is 8. The van der Waals surface area contributed by atoms with E-state index in [1.54, 1.807) is 53.1 Å². The van der Waals surface area contributed by atoms with Crippen molar-refractivity contribution in [3.63, 3.8) is 0 Å². The SMILES string of the molecule is C[NH+]1c2cc(C(=O)O)ccc2SC1C=C1Oc2ccc(OC=O)cc2N1CCCS(=O)(=O)[O-]. The molecule has 0 radical (unpaired) electrons. The van der Waals surface area contributed by atoms with Crippen LogP contribution < -0.4 is 19.3 Å². The van der Waals surface area contributed by atoms with E-state index >= 15 is 0 Å². The zero-order valence-corrected chi connectivity index (χ0v) is 19.0. The van der Waals surface area contributed by atoms with Crippen LogP contribution in [0, 0.1) is 0 Å². The molecule has 2 heterocycles. The third-order valence-electron chi connectivity index (χ3n) is 5.29. The molecule has 0 spiro atoms.